The highest BCUT2D eigenvalue weighted by molar-refractivity contribution is 9.10. The average Bonchev–Trinajstić information content (AvgIpc) is 2.66. The minimum absolute atomic E-state index is 1.13. The van der Waals surface area contributed by atoms with E-state index in [2.05, 4.69) is 108 Å². The van der Waals surface area contributed by atoms with Crippen LogP contribution in [0.2, 0.25) is 26.2 Å². The van der Waals surface area contributed by atoms with Gasteiger partial charge < -0.3 is 4.23 Å². The third kappa shape index (κ3) is 2.77. The summed E-state index contributed by atoms with van der Waals surface area (Å²) in [5.74, 6) is 0. The van der Waals surface area contributed by atoms with Crippen LogP contribution in [0.1, 0.15) is 12.5 Å². The lowest BCUT2D eigenvalue weighted by Crippen LogP contribution is -2.57. The van der Waals surface area contributed by atoms with E-state index in [4.69, 9.17) is 0 Å². The molecule has 0 radical (unpaired) electrons. The first-order chi connectivity index (χ1) is 10.7. The number of fused-ring (bicyclic) bond motifs is 1. The van der Waals surface area contributed by atoms with Crippen molar-refractivity contribution in [3.8, 4) is 0 Å². The second kappa shape index (κ2) is 5.76. The summed E-state index contributed by atoms with van der Waals surface area (Å²) in [7, 11) is -3.25. The summed E-state index contributed by atoms with van der Waals surface area (Å²) < 4.78 is 3.91. The maximum Gasteiger partial charge on any atom is 0.173 e. The van der Waals surface area contributed by atoms with Crippen LogP contribution in [0, 0.1) is 0 Å². The molecule has 0 aliphatic carbocycles. The van der Waals surface area contributed by atoms with E-state index in [-0.39, 0.29) is 0 Å². The van der Waals surface area contributed by atoms with Crippen LogP contribution in [0.5, 0.6) is 0 Å². The van der Waals surface area contributed by atoms with Crippen LogP contribution in [0.3, 0.4) is 0 Å². The molecule has 0 bridgehead atoms. The maximum atomic E-state index is 3.52. The van der Waals surface area contributed by atoms with Crippen molar-refractivity contribution in [2.45, 2.75) is 33.1 Å². The highest BCUT2D eigenvalue weighted by Gasteiger charge is 2.50. The molecule has 3 rings (SSSR count). The molecule has 0 saturated heterocycles. The van der Waals surface area contributed by atoms with Gasteiger partial charge in [-0.2, -0.15) is 0 Å². The van der Waals surface area contributed by atoms with Gasteiger partial charge in [-0.15, -0.1) is 0 Å². The Kier molecular flexibility index (Phi) is 4.19. The van der Waals surface area contributed by atoms with Crippen molar-refractivity contribution >= 4 is 48.3 Å². The van der Waals surface area contributed by atoms with Gasteiger partial charge in [0, 0.05) is 4.47 Å². The van der Waals surface area contributed by atoms with E-state index in [1.807, 2.05) is 0 Å². The summed E-state index contributed by atoms with van der Waals surface area (Å²) in [6, 6.07) is 17.8. The van der Waals surface area contributed by atoms with Gasteiger partial charge in [0.1, 0.15) is 0 Å². The van der Waals surface area contributed by atoms with Gasteiger partial charge in [-0.1, -0.05) is 52.3 Å². The first kappa shape index (κ1) is 16.7. The number of benzene rings is 2. The molecule has 1 aliphatic rings. The molecule has 1 aliphatic heterocycles. The van der Waals surface area contributed by atoms with Crippen LogP contribution in [-0.2, 0) is 0 Å². The predicted octanol–water partition coefficient (Wildman–Crippen LogP) is 4.65. The van der Waals surface area contributed by atoms with Gasteiger partial charge in [0.25, 0.3) is 0 Å². The highest BCUT2D eigenvalue weighted by Crippen LogP contribution is 2.29. The Labute approximate surface area is 150 Å². The summed E-state index contributed by atoms with van der Waals surface area (Å²) in [6.45, 7) is 12.2. The Balaban J connectivity index is 2.06. The monoisotopic (exact) mass is 401 g/mol. The smallest absolute Gasteiger partial charge is 0.173 e. The third-order valence-corrected chi connectivity index (χ3v) is 15.4. The minimum Gasteiger partial charge on any atom is -0.423 e. The van der Waals surface area contributed by atoms with Gasteiger partial charge in [-0.05, 0) is 73.0 Å². The zero-order chi connectivity index (χ0) is 16.8. The Morgan fingerprint density at radius 1 is 0.870 bits per heavy atom. The normalized spacial score (nSPS) is 18.9. The van der Waals surface area contributed by atoms with Crippen molar-refractivity contribution in [1.82, 2.24) is 4.23 Å². The Bertz CT molecular complexity index is 728. The van der Waals surface area contributed by atoms with Gasteiger partial charge >= 0.3 is 0 Å². The molecule has 0 unspecified atom stereocenters. The molecule has 0 aromatic heterocycles. The molecule has 120 valence electrons. The Morgan fingerprint density at radius 3 is 1.83 bits per heavy atom. The van der Waals surface area contributed by atoms with Crippen LogP contribution < -0.4 is 10.4 Å². The predicted molar refractivity (Wildman–Crippen MR) is 110 cm³/mol. The topological polar surface area (TPSA) is 3.24 Å². The summed E-state index contributed by atoms with van der Waals surface area (Å²) >= 11 is 3.52. The maximum absolute atomic E-state index is 3.52. The average molecular weight is 402 g/mol. The molecule has 1 heterocycles. The molecule has 0 amide bonds. The van der Waals surface area contributed by atoms with E-state index in [1.165, 1.54) is 11.1 Å². The van der Waals surface area contributed by atoms with Gasteiger partial charge in [-0.3, -0.25) is 0 Å². The highest BCUT2D eigenvalue weighted by atomic mass is 79.9. The largest absolute Gasteiger partial charge is 0.423 e. The first-order valence-corrected chi connectivity index (χ1v) is 14.8. The van der Waals surface area contributed by atoms with E-state index in [1.54, 1.807) is 10.4 Å². The second-order valence-electron chi connectivity index (χ2n) is 7.35. The number of rotatable bonds is 2. The molecule has 0 saturated carbocycles. The van der Waals surface area contributed by atoms with Crippen LogP contribution in [0.4, 0.5) is 0 Å². The fourth-order valence-corrected chi connectivity index (χ4v) is 16.3. The van der Waals surface area contributed by atoms with Crippen LogP contribution in [-0.4, -0.2) is 20.7 Å². The SMILES string of the molecule is C/C(=C/N1[Si](C)(C)c2ccccc2[Si]1(C)C)c1ccc(Br)cc1. The van der Waals surface area contributed by atoms with Crippen molar-refractivity contribution in [3.63, 3.8) is 0 Å². The zero-order valence-electron chi connectivity index (χ0n) is 14.5. The number of hydrogen-bond acceptors (Lipinski definition) is 1. The fraction of sp³-hybridized carbons (Fsp3) is 0.263. The van der Waals surface area contributed by atoms with E-state index in [0.717, 1.165) is 4.47 Å². The first-order valence-electron chi connectivity index (χ1n) is 8.08. The number of nitrogens with zero attached hydrogens (tertiary/aromatic N) is 1. The van der Waals surface area contributed by atoms with Crippen molar-refractivity contribution < 1.29 is 0 Å². The molecule has 2 aromatic rings. The standard InChI is InChI=1S/C19H24BrNSi2/c1-15(16-10-12-17(20)13-11-16)14-21-22(2,3)18-8-6-7-9-19(18)23(21,4)5/h6-14H,1-5H3/b15-14-. The summed E-state index contributed by atoms with van der Waals surface area (Å²) in [6.07, 6.45) is 2.45. The minimum atomic E-state index is -1.62. The zero-order valence-corrected chi connectivity index (χ0v) is 18.1. The van der Waals surface area contributed by atoms with Crippen molar-refractivity contribution in [2.75, 3.05) is 0 Å². The second-order valence-corrected chi connectivity index (χ2v) is 17.0. The summed E-state index contributed by atoms with van der Waals surface area (Å²) in [5, 5.41) is 3.24. The van der Waals surface area contributed by atoms with Crippen LogP contribution in [0.15, 0.2) is 59.2 Å². The summed E-state index contributed by atoms with van der Waals surface area (Å²) in [5.41, 5.74) is 2.66. The Hall–Kier alpha value is -1.11. The van der Waals surface area contributed by atoms with Crippen molar-refractivity contribution in [2.24, 2.45) is 0 Å². The lowest BCUT2D eigenvalue weighted by atomic mass is 10.1. The fourth-order valence-electron chi connectivity index (χ4n) is 3.81. The van der Waals surface area contributed by atoms with Gasteiger partial charge in [0.05, 0.1) is 0 Å². The lowest BCUT2D eigenvalue weighted by molar-refractivity contribution is 0.863. The molecule has 23 heavy (non-hydrogen) atoms. The molecule has 2 aromatic carbocycles. The van der Waals surface area contributed by atoms with Gasteiger partial charge in [0.2, 0.25) is 0 Å². The Morgan fingerprint density at radius 2 is 1.35 bits per heavy atom. The number of allylic oxidation sites excluding steroid dienone is 1. The molecular weight excluding hydrogens is 378 g/mol. The quantitative estimate of drug-likeness (QED) is 0.661. The molecule has 0 atom stereocenters. The van der Waals surface area contributed by atoms with Crippen molar-refractivity contribution in [1.29, 1.82) is 0 Å². The van der Waals surface area contributed by atoms with E-state index < -0.39 is 16.5 Å². The van der Waals surface area contributed by atoms with E-state index in [9.17, 15) is 0 Å². The van der Waals surface area contributed by atoms with Crippen LogP contribution >= 0.6 is 15.9 Å². The van der Waals surface area contributed by atoms with Gasteiger partial charge in [-0.25, -0.2) is 0 Å². The molecule has 0 N–H and O–H groups in total. The lowest BCUT2D eigenvalue weighted by Gasteiger charge is -2.39. The third-order valence-electron chi connectivity index (χ3n) is 5.07. The van der Waals surface area contributed by atoms with Gasteiger partial charge in [0.15, 0.2) is 16.5 Å². The molecule has 0 spiro atoms. The number of halogens is 1. The van der Waals surface area contributed by atoms with E-state index in [0.29, 0.717) is 0 Å². The molecule has 0 fully saturated rings. The molecular formula is C19H24BrNSi2. The summed E-state index contributed by atoms with van der Waals surface area (Å²) in [4.78, 5) is 0. The van der Waals surface area contributed by atoms with E-state index >= 15 is 0 Å². The van der Waals surface area contributed by atoms with Crippen molar-refractivity contribution in [3.05, 3.63) is 64.8 Å². The molecule has 1 nitrogen and oxygen atoms in total. The number of hydrogen-bond donors (Lipinski definition) is 0. The van der Waals surface area contributed by atoms with Crippen LogP contribution in [0.25, 0.3) is 5.57 Å². The molecule has 4 heteroatoms.